The molecule has 0 aliphatic rings. The van der Waals surface area contributed by atoms with E-state index < -0.39 is 31.1 Å². The zero-order valence-corrected chi connectivity index (χ0v) is 33.6. The minimum atomic E-state index is -2.12. The normalized spacial score (nSPS) is 18.2. The molecule has 252 valence electrons. The van der Waals surface area contributed by atoms with E-state index in [-0.39, 0.29) is 36.6 Å². The second-order valence-electron chi connectivity index (χ2n) is 13.9. The van der Waals surface area contributed by atoms with Crippen LogP contribution in [0.25, 0.3) is 0 Å². The molecule has 0 aliphatic heterocycles. The Balaban J connectivity index is 7.01. The fraction of sp³-hybridized carbons (Fsp3) is 0.941. The molecule has 0 aromatic rings. The van der Waals surface area contributed by atoms with Gasteiger partial charge in [-0.3, -0.25) is 0 Å². The predicted octanol–water partition coefficient (Wildman–Crippen LogP) is 9.78. The summed E-state index contributed by atoms with van der Waals surface area (Å²) in [5, 5.41) is 21.8. The Morgan fingerprint density at radius 1 is 0.643 bits per heavy atom. The number of allylic oxidation sites excluding steroid dienone is 1. The van der Waals surface area contributed by atoms with Crippen LogP contribution in [0.4, 0.5) is 0 Å². The van der Waals surface area contributed by atoms with Crippen molar-refractivity contribution in [1.82, 2.24) is 0 Å². The smallest absolute Gasteiger partial charge is 0.200 e. The van der Waals surface area contributed by atoms with Gasteiger partial charge in [-0.25, -0.2) is 0 Å². The summed E-state index contributed by atoms with van der Waals surface area (Å²) in [5.74, 6) is -0.455. The zero-order valence-electron chi connectivity index (χ0n) is 30.6. The fourth-order valence-electron chi connectivity index (χ4n) is 7.65. The lowest BCUT2D eigenvalue weighted by molar-refractivity contribution is -0.0574. The maximum Gasteiger partial charge on any atom is 0.200 e. The monoisotopic (exact) mass is 646 g/mol. The summed E-state index contributed by atoms with van der Waals surface area (Å²) in [7, 11) is -6.12. The van der Waals surface area contributed by atoms with Gasteiger partial charge in [-0.1, -0.05) is 109 Å². The maximum atomic E-state index is 11.6. The quantitative estimate of drug-likeness (QED) is 0.0854. The number of rotatable bonds is 23. The highest BCUT2D eigenvalue weighted by molar-refractivity contribution is 6.77. The van der Waals surface area contributed by atoms with Crippen LogP contribution in [0.5, 0.6) is 0 Å². The van der Waals surface area contributed by atoms with Gasteiger partial charge >= 0.3 is 0 Å². The first-order valence-electron chi connectivity index (χ1n) is 17.5. The average Bonchev–Trinajstić information content (AvgIpc) is 2.97. The van der Waals surface area contributed by atoms with Crippen LogP contribution in [-0.2, 0) is 13.3 Å². The highest BCUT2D eigenvalue weighted by atomic mass is 28.4. The lowest BCUT2D eigenvalue weighted by Gasteiger charge is -2.47. The highest BCUT2D eigenvalue weighted by Crippen LogP contribution is 2.43. The molecule has 0 saturated heterocycles. The Morgan fingerprint density at radius 2 is 1.05 bits per heavy atom. The van der Waals surface area contributed by atoms with E-state index in [0.29, 0.717) is 23.2 Å². The first kappa shape index (κ1) is 42.2. The van der Waals surface area contributed by atoms with E-state index in [4.69, 9.17) is 13.3 Å². The van der Waals surface area contributed by atoms with Crippen LogP contribution < -0.4 is 0 Å². The van der Waals surface area contributed by atoms with Crippen LogP contribution in [0, 0.1) is 17.8 Å². The molecule has 0 amide bonds. The first-order valence-corrected chi connectivity index (χ1v) is 24.7. The molecule has 0 radical (unpaired) electrons. The van der Waals surface area contributed by atoms with E-state index in [1.54, 1.807) is 0 Å². The first-order chi connectivity index (χ1) is 19.6. The number of aliphatic hydroxyl groups excluding tert-OH is 2. The lowest BCUT2D eigenvalue weighted by atomic mass is 9.82. The Kier molecular flexibility index (Phi) is 19.7. The molecule has 0 fully saturated rings. The van der Waals surface area contributed by atoms with E-state index in [9.17, 15) is 10.2 Å². The van der Waals surface area contributed by atoms with Crippen molar-refractivity contribution in [3.05, 3.63) is 12.2 Å². The maximum absolute atomic E-state index is 11.6. The van der Waals surface area contributed by atoms with Crippen LogP contribution in [0.1, 0.15) is 104 Å². The van der Waals surface area contributed by atoms with Crippen molar-refractivity contribution in [2.24, 2.45) is 17.8 Å². The molecule has 0 rings (SSSR count). The summed E-state index contributed by atoms with van der Waals surface area (Å²) in [6.07, 6.45) is 2.85. The topological polar surface area (TPSA) is 68.2 Å². The molecule has 42 heavy (non-hydrogen) atoms. The van der Waals surface area contributed by atoms with Gasteiger partial charge in [0.15, 0.2) is 25.0 Å². The van der Waals surface area contributed by atoms with E-state index >= 15 is 0 Å². The molecule has 2 N–H and O–H groups in total. The molecule has 0 heterocycles. The Labute approximate surface area is 266 Å². The Hall–Kier alpha value is 0.191. The van der Waals surface area contributed by atoms with Gasteiger partial charge in [0.05, 0.1) is 31.5 Å². The number of aliphatic hydroxyl groups is 2. The molecule has 0 aromatic carbocycles. The molecular weight excluding hydrogens is 573 g/mol. The van der Waals surface area contributed by atoms with E-state index in [2.05, 4.69) is 96.9 Å². The Morgan fingerprint density at radius 3 is 1.38 bits per heavy atom. The Bertz CT molecular complexity index is 698. The van der Waals surface area contributed by atoms with E-state index in [1.165, 1.54) is 0 Å². The minimum Gasteiger partial charge on any atom is -0.413 e. The third-order valence-corrected chi connectivity index (χ3v) is 26.5. The van der Waals surface area contributed by atoms with Gasteiger partial charge in [0, 0.05) is 17.8 Å². The fourth-order valence-corrected chi connectivity index (χ4v) is 19.0. The predicted molar refractivity (Wildman–Crippen MR) is 191 cm³/mol. The average molecular weight is 647 g/mol. The van der Waals surface area contributed by atoms with Crippen molar-refractivity contribution >= 4 is 25.0 Å². The highest BCUT2D eigenvalue weighted by Gasteiger charge is 2.48. The van der Waals surface area contributed by atoms with Crippen LogP contribution in [0.3, 0.4) is 0 Å². The minimum absolute atomic E-state index is 0.0332. The van der Waals surface area contributed by atoms with Gasteiger partial charge in [-0.05, 0) is 59.8 Å². The van der Waals surface area contributed by atoms with Crippen molar-refractivity contribution < 1.29 is 23.5 Å². The molecule has 0 spiro atoms. The molecule has 0 saturated carbocycles. The summed E-state index contributed by atoms with van der Waals surface area (Å²) in [6, 6.07) is 6.40. The second kappa shape index (κ2) is 19.6. The van der Waals surface area contributed by atoms with Crippen LogP contribution in [-0.4, -0.2) is 66.7 Å². The van der Waals surface area contributed by atoms with Crippen molar-refractivity contribution in [3.8, 4) is 0 Å². The van der Waals surface area contributed by atoms with Gasteiger partial charge < -0.3 is 23.5 Å². The van der Waals surface area contributed by atoms with E-state index in [0.717, 1.165) is 36.3 Å². The number of hydrogen-bond acceptors (Lipinski definition) is 5. The summed E-state index contributed by atoms with van der Waals surface area (Å²) in [4.78, 5) is 0. The lowest BCUT2D eigenvalue weighted by Crippen LogP contribution is -2.55. The SMILES string of the molecule is C/C=C\[C@@H](CO)[C@@H](O)[C@@H](C)[C@H](O[Si](CC)(CC)CC)[C@H](C)[C@H](CO[Si](C(C)C)(C(C)C)C(C)C)O[Si](CC)(CC)CC. The molecule has 6 atom stereocenters. The molecule has 0 bridgehead atoms. The van der Waals surface area contributed by atoms with Crippen molar-refractivity contribution in [2.75, 3.05) is 13.2 Å². The molecule has 0 aromatic heterocycles. The molecule has 0 unspecified atom stereocenters. The molecule has 8 heteroatoms. The summed E-state index contributed by atoms with van der Waals surface area (Å²) in [6.45, 7) is 34.6. The summed E-state index contributed by atoms with van der Waals surface area (Å²) >= 11 is 0. The van der Waals surface area contributed by atoms with Gasteiger partial charge in [0.25, 0.3) is 0 Å². The van der Waals surface area contributed by atoms with Gasteiger partial charge in [0.1, 0.15) is 0 Å². The van der Waals surface area contributed by atoms with Crippen LogP contribution in [0.15, 0.2) is 12.2 Å². The third-order valence-electron chi connectivity index (χ3n) is 11.1. The largest absolute Gasteiger partial charge is 0.413 e. The molecule has 5 nitrogen and oxygen atoms in total. The van der Waals surface area contributed by atoms with Crippen molar-refractivity contribution in [3.63, 3.8) is 0 Å². The third kappa shape index (κ3) is 10.4. The summed E-state index contributed by atoms with van der Waals surface area (Å²) in [5.41, 5.74) is 1.50. The van der Waals surface area contributed by atoms with Crippen molar-refractivity contribution in [2.45, 2.75) is 175 Å². The molecule has 0 aliphatic carbocycles. The van der Waals surface area contributed by atoms with Gasteiger partial charge in [0.2, 0.25) is 0 Å². The second-order valence-corrected chi connectivity index (χ2v) is 28.8. The van der Waals surface area contributed by atoms with E-state index in [1.807, 2.05) is 19.1 Å². The van der Waals surface area contributed by atoms with Crippen LogP contribution in [0.2, 0.25) is 52.9 Å². The number of hydrogen-bond donors (Lipinski definition) is 2. The standard InChI is InChI=1S/C34H74O5Si3/c1-16-23-31(24-35)33(36)30(15)34(39-41(20-5,21-6)22-7)29(14)32(38-40(17-2,18-3)19-4)25-37-42(26(8)9,27(10)11)28(12)13/h16,23,26-36H,17-22,24-25H2,1-15H3/b23-16-/t29-,30-,31+,32+,33+,34-/m1/s1. The summed E-state index contributed by atoms with van der Waals surface area (Å²) < 4.78 is 22.0. The van der Waals surface area contributed by atoms with Crippen molar-refractivity contribution in [1.29, 1.82) is 0 Å². The van der Waals surface area contributed by atoms with Gasteiger partial charge in [-0.2, -0.15) is 0 Å². The molecular formula is C34H74O5Si3. The zero-order chi connectivity index (χ0) is 32.9. The van der Waals surface area contributed by atoms with Crippen LogP contribution >= 0.6 is 0 Å². The van der Waals surface area contributed by atoms with Gasteiger partial charge in [-0.15, -0.1) is 0 Å².